The molecular formula is C16H21N3O3. The maximum absolute atomic E-state index is 12.7. The van der Waals surface area contributed by atoms with Crippen molar-refractivity contribution in [2.24, 2.45) is 5.41 Å². The highest BCUT2D eigenvalue weighted by Crippen LogP contribution is 2.37. The molecule has 118 valence electrons. The monoisotopic (exact) mass is 303 g/mol. The molecule has 2 unspecified atom stereocenters. The molecule has 3 rings (SSSR count). The Balaban J connectivity index is 1.94. The molecule has 0 saturated heterocycles. The van der Waals surface area contributed by atoms with Crippen molar-refractivity contribution in [2.45, 2.75) is 46.1 Å². The second kappa shape index (κ2) is 5.35. The van der Waals surface area contributed by atoms with Crippen LogP contribution in [-0.4, -0.2) is 33.8 Å². The Hall–Kier alpha value is -1.95. The molecule has 1 aliphatic carbocycles. The van der Waals surface area contributed by atoms with Crippen molar-refractivity contribution in [3.8, 4) is 0 Å². The number of hydrogen-bond acceptors (Lipinski definition) is 5. The summed E-state index contributed by atoms with van der Waals surface area (Å²) in [5.41, 5.74) is 2.04. The maximum Gasteiger partial charge on any atom is 0.258 e. The quantitative estimate of drug-likeness (QED) is 0.906. The normalized spacial score (nSPS) is 24.8. The van der Waals surface area contributed by atoms with E-state index in [4.69, 9.17) is 4.52 Å². The highest BCUT2D eigenvalue weighted by atomic mass is 16.5. The number of aryl methyl sites for hydroxylation is 2. The third kappa shape index (κ3) is 2.37. The van der Waals surface area contributed by atoms with Crippen LogP contribution in [0.4, 0.5) is 0 Å². The van der Waals surface area contributed by atoms with Gasteiger partial charge in [-0.05, 0) is 32.8 Å². The Morgan fingerprint density at radius 1 is 1.55 bits per heavy atom. The number of amides is 1. The summed E-state index contributed by atoms with van der Waals surface area (Å²) in [5, 5.41) is 17.3. The smallest absolute Gasteiger partial charge is 0.258 e. The second-order valence-electron chi connectivity index (χ2n) is 6.49. The molecule has 2 heterocycles. The zero-order valence-corrected chi connectivity index (χ0v) is 13.1. The van der Waals surface area contributed by atoms with Crippen molar-refractivity contribution in [2.75, 3.05) is 6.61 Å². The van der Waals surface area contributed by atoms with E-state index < -0.39 is 0 Å². The molecule has 2 aromatic rings. The Kier molecular flexibility index (Phi) is 3.64. The summed E-state index contributed by atoms with van der Waals surface area (Å²) in [5.74, 6) is -0.159. The molecule has 2 aromatic heterocycles. The minimum Gasteiger partial charge on any atom is -0.396 e. The molecule has 6 heteroatoms. The number of nitrogens with zero attached hydrogens (tertiary/aromatic N) is 2. The van der Waals surface area contributed by atoms with Crippen molar-refractivity contribution < 1.29 is 14.4 Å². The van der Waals surface area contributed by atoms with Crippen LogP contribution in [0.3, 0.4) is 0 Å². The first-order chi connectivity index (χ1) is 10.4. The molecule has 1 amide bonds. The lowest BCUT2D eigenvalue weighted by Crippen LogP contribution is -2.44. The van der Waals surface area contributed by atoms with Crippen LogP contribution in [-0.2, 0) is 0 Å². The molecule has 6 nitrogen and oxygen atoms in total. The van der Waals surface area contributed by atoms with Gasteiger partial charge < -0.3 is 14.9 Å². The highest BCUT2D eigenvalue weighted by Gasteiger charge is 2.39. The van der Waals surface area contributed by atoms with Gasteiger partial charge >= 0.3 is 0 Å². The predicted octanol–water partition coefficient (Wildman–Crippen LogP) is 2.12. The van der Waals surface area contributed by atoms with E-state index >= 15 is 0 Å². The van der Waals surface area contributed by atoms with Gasteiger partial charge in [0.25, 0.3) is 11.6 Å². The lowest BCUT2D eigenvalue weighted by atomic mass is 9.85. The molecule has 22 heavy (non-hydrogen) atoms. The van der Waals surface area contributed by atoms with Crippen molar-refractivity contribution in [3.05, 3.63) is 23.0 Å². The number of rotatable bonds is 3. The molecule has 0 aromatic carbocycles. The fourth-order valence-electron chi connectivity index (χ4n) is 3.30. The highest BCUT2D eigenvalue weighted by molar-refractivity contribution is 6.06. The van der Waals surface area contributed by atoms with E-state index in [1.165, 1.54) is 0 Å². The molecule has 0 aliphatic heterocycles. The third-order valence-corrected chi connectivity index (χ3v) is 4.74. The van der Waals surface area contributed by atoms with Crippen molar-refractivity contribution in [3.63, 3.8) is 0 Å². The first kappa shape index (κ1) is 15.0. The number of aromatic nitrogens is 2. The lowest BCUT2D eigenvalue weighted by Gasteiger charge is -2.30. The molecule has 2 atom stereocenters. The predicted molar refractivity (Wildman–Crippen MR) is 81.6 cm³/mol. The summed E-state index contributed by atoms with van der Waals surface area (Å²) in [6.45, 7) is 5.71. The number of aliphatic hydroxyl groups is 1. The van der Waals surface area contributed by atoms with E-state index in [1.807, 2.05) is 13.8 Å². The van der Waals surface area contributed by atoms with Gasteiger partial charge in [0.15, 0.2) is 0 Å². The summed E-state index contributed by atoms with van der Waals surface area (Å²) < 4.78 is 5.17. The number of nitrogens with one attached hydrogen (secondary N) is 1. The molecule has 0 bridgehead atoms. The van der Waals surface area contributed by atoms with Crippen molar-refractivity contribution in [1.29, 1.82) is 0 Å². The van der Waals surface area contributed by atoms with Crippen LogP contribution < -0.4 is 5.32 Å². The Morgan fingerprint density at radius 2 is 2.32 bits per heavy atom. The molecule has 0 radical (unpaired) electrons. The standard InChI is InChI=1S/C16H21N3O3/c1-9-7-11(13-10(2)19-22-15(13)17-9)14(21)18-12-5-4-6-16(12,3)8-20/h7,12,20H,4-6,8H2,1-3H3,(H,18,21). The van der Waals surface area contributed by atoms with E-state index in [9.17, 15) is 9.90 Å². The topological polar surface area (TPSA) is 88.2 Å². The van der Waals surface area contributed by atoms with Gasteiger partial charge in [-0.2, -0.15) is 0 Å². The zero-order chi connectivity index (χ0) is 15.9. The van der Waals surface area contributed by atoms with Crippen LogP contribution in [0.2, 0.25) is 0 Å². The maximum atomic E-state index is 12.7. The van der Waals surface area contributed by atoms with Gasteiger partial charge in [-0.15, -0.1) is 0 Å². The van der Waals surface area contributed by atoms with Crippen LogP contribution in [0.1, 0.15) is 47.9 Å². The average molecular weight is 303 g/mol. The van der Waals surface area contributed by atoms with E-state index in [0.717, 1.165) is 19.3 Å². The minimum atomic E-state index is -0.249. The van der Waals surface area contributed by atoms with Crippen LogP contribution in [0.5, 0.6) is 0 Å². The molecule has 1 fully saturated rings. The van der Waals surface area contributed by atoms with Gasteiger partial charge in [-0.1, -0.05) is 18.5 Å². The lowest BCUT2D eigenvalue weighted by molar-refractivity contribution is 0.0832. The van der Waals surface area contributed by atoms with Gasteiger partial charge in [-0.3, -0.25) is 4.79 Å². The summed E-state index contributed by atoms with van der Waals surface area (Å²) in [6, 6.07) is 1.74. The molecule has 1 aliphatic rings. The van der Waals surface area contributed by atoms with E-state index in [1.54, 1.807) is 13.0 Å². The number of fused-ring (bicyclic) bond motifs is 1. The molecule has 1 saturated carbocycles. The summed E-state index contributed by atoms with van der Waals surface area (Å²) in [7, 11) is 0. The second-order valence-corrected chi connectivity index (χ2v) is 6.49. The fraction of sp³-hybridized carbons (Fsp3) is 0.562. The number of aliphatic hydroxyl groups excluding tert-OH is 1. The van der Waals surface area contributed by atoms with Gasteiger partial charge in [0, 0.05) is 17.2 Å². The van der Waals surface area contributed by atoms with Crippen LogP contribution in [0.15, 0.2) is 10.6 Å². The molecule has 0 spiro atoms. The fourth-order valence-corrected chi connectivity index (χ4v) is 3.30. The third-order valence-electron chi connectivity index (χ3n) is 4.74. The van der Waals surface area contributed by atoms with E-state index in [-0.39, 0.29) is 24.0 Å². The van der Waals surface area contributed by atoms with Crippen molar-refractivity contribution in [1.82, 2.24) is 15.5 Å². The van der Waals surface area contributed by atoms with Gasteiger partial charge in [-0.25, -0.2) is 4.98 Å². The van der Waals surface area contributed by atoms with Crippen LogP contribution in [0.25, 0.3) is 11.1 Å². The van der Waals surface area contributed by atoms with Gasteiger partial charge in [0.2, 0.25) is 0 Å². The Labute approximate surface area is 128 Å². The Bertz CT molecular complexity index is 725. The van der Waals surface area contributed by atoms with E-state index in [2.05, 4.69) is 15.5 Å². The number of carbonyl (C=O) groups is 1. The zero-order valence-electron chi connectivity index (χ0n) is 13.1. The number of carbonyl (C=O) groups excluding carboxylic acids is 1. The van der Waals surface area contributed by atoms with Gasteiger partial charge in [0.1, 0.15) is 0 Å². The van der Waals surface area contributed by atoms with Crippen LogP contribution >= 0.6 is 0 Å². The first-order valence-corrected chi connectivity index (χ1v) is 7.60. The number of pyridine rings is 1. The summed E-state index contributed by atoms with van der Waals surface area (Å²) >= 11 is 0. The summed E-state index contributed by atoms with van der Waals surface area (Å²) in [4.78, 5) is 17.0. The largest absolute Gasteiger partial charge is 0.396 e. The molecular weight excluding hydrogens is 282 g/mol. The van der Waals surface area contributed by atoms with Gasteiger partial charge in [0.05, 0.1) is 23.3 Å². The van der Waals surface area contributed by atoms with Crippen molar-refractivity contribution >= 4 is 17.0 Å². The van der Waals surface area contributed by atoms with E-state index in [0.29, 0.717) is 28.1 Å². The van der Waals surface area contributed by atoms with Crippen LogP contribution in [0, 0.1) is 19.3 Å². The molecule has 2 N–H and O–H groups in total. The average Bonchev–Trinajstić information content (AvgIpc) is 3.03. The number of hydrogen-bond donors (Lipinski definition) is 2. The SMILES string of the molecule is Cc1cc(C(=O)NC2CCCC2(C)CO)c2c(C)noc2n1. The Morgan fingerprint density at radius 3 is 3.05 bits per heavy atom. The first-order valence-electron chi connectivity index (χ1n) is 7.60. The minimum absolute atomic E-state index is 0.0197. The summed E-state index contributed by atoms with van der Waals surface area (Å²) in [6.07, 6.45) is 2.82.